The molecule has 0 atom stereocenters. The number of methoxy groups -OCH3 is 1. The lowest BCUT2D eigenvalue weighted by Gasteiger charge is -2.07. The van der Waals surface area contributed by atoms with Crippen LogP contribution in [-0.2, 0) is 17.8 Å². The molecule has 0 spiro atoms. The van der Waals surface area contributed by atoms with Crippen LogP contribution in [0.15, 0.2) is 67.0 Å². The molecule has 1 heterocycles. The van der Waals surface area contributed by atoms with E-state index in [1.54, 1.807) is 7.11 Å². The number of rotatable bonds is 6. The normalized spacial score (nSPS) is 10.3. The molecule has 0 aliphatic rings. The molecular weight excluding hydrogens is 314 g/mol. The number of carbonyl (C=O) groups excluding carboxylic acids is 1. The topological polar surface area (TPSA) is 64.1 Å². The van der Waals surface area contributed by atoms with Crippen molar-refractivity contribution in [3.63, 3.8) is 0 Å². The van der Waals surface area contributed by atoms with Crippen LogP contribution in [0.3, 0.4) is 0 Å². The summed E-state index contributed by atoms with van der Waals surface area (Å²) >= 11 is 0. The van der Waals surface area contributed by atoms with E-state index in [0.717, 1.165) is 28.3 Å². The third-order valence-corrected chi connectivity index (χ3v) is 3.78. The molecule has 5 nitrogen and oxygen atoms in total. The van der Waals surface area contributed by atoms with Crippen LogP contribution in [0.1, 0.15) is 11.3 Å². The van der Waals surface area contributed by atoms with Gasteiger partial charge in [-0.2, -0.15) is 0 Å². The Balaban J connectivity index is 1.58. The minimum atomic E-state index is -0.0509. The quantitative estimate of drug-likeness (QED) is 0.753. The minimum Gasteiger partial charge on any atom is -0.497 e. The van der Waals surface area contributed by atoms with Gasteiger partial charge in [0.05, 0.1) is 31.5 Å². The fourth-order valence-electron chi connectivity index (χ4n) is 2.44. The highest BCUT2D eigenvalue weighted by atomic mass is 16.5. The monoisotopic (exact) mass is 333 g/mol. The first-order chi connectivity index (χ1) is 12.2. The standard InChI is InChI=1S/C20H19N3O2/c1-25-18-9-7-15(8-10-18)11-20(24)21-13-17-12-19(23-14-22-17)16-5-3-2-4-6-16/h2-10,12,14H,11,13H2,1H3,(H,21,24). The van der Waals surface area contributed by atoms with Crippen molar-refractivity contribution in [2.24, 2.45) is 0 Å². The van der Waals surface area contributed by atoms with E-state index in [2.05, 4.69) is 15.3 Å². The van der Waals surface area contributed by atoms with E-state index in [9.17, 15) is 4.79 Å². The van der Waals surface area contributed by atoms with Crippen molar-refractivity contribution in [2.45, 2.75) is 13.0 Å². The molecule has 0 aliphatic heterocycles. The molecule has 0 aliphatic carbocycles. The summed E-state index contributed by atoms with van der Waals surface area (Å²) < 4.78 is 5.11. The molecule has 5 heteroatoms. The van der Waals surface area contributed by atoms with Crippen molar-refractivity contribution in [1.29, 1.82) is 0 Å². The molecule has 1 aromatic heterocycles. The third kappa shape index (κ3) is 4.64. The average molecular weight is 333 g/mol. The number of carbonyl (C=O) groups is 1. The molecule has 25 heavy (non-hydrogen) atoms. The zero-order chi connectivity index (χ0) is 17.5. The van der Waals surface area contributed by atoms with E-state index in [4.69, 9.17) is 4.74 Å². The Morgan fingerprint density at radius 1 is 1.04 bits per heavy atom. The predicted molar refractivity (Wildman–Crippen MR) is 96.0 cm³/mol. The van der Waals surface area contributed by atoms with Gasteiger partial charge in [-0.1, -0.05) is 42.5 Å². The van der Waals surface area contributed by atoms with Gasteiger partial charge < -0.3 is 10.1 Å². The number of nitrogens with zero attached hydrogens (tertiary/aromatic N) is 2. The van der Waals surface area contributed by atoms with E-state index in [1.807, 2.05) is 60.7 Å². The van der Waals surface area contributed by atoms with E-state index in [-0.39, 0.29) is 5.91 Å². The maximum absolute atomic E-state index is 12.1. The summed E-state index contributed by atoms with van der Waals surface area (Å²) in [6, 6.07) is 19.2. The van der Waals surface area contributed by atoms with Crippen molar-refractivity contribution >= 4 is 5.91 Å². The summed E-state index contributed by atoms with van der Waals surface area (Å²) in [5.74, 6) is 0.726. The zero-order valence-electron chi connectivity index (χ0n) is 14.0. The van der Waals surface area contributed by atoms with Crippen LogP contribution < -0.4 is 10.1 Å². The molecule has 3 aromatic rings. The van der Waals surface area contributed by atoms with Crippen LogP contribution in [0.4, 0.5) is 0 Å². The number of amides is 1. The first-order valence-corrected chi connectivity index (χ1v) is 8.00. The molecule has 3 rings (SSSR count). The fraction of sp³-hybridized carbons (Fsp3) is 0.150. The van der Waals surface area contributed by atoms with Gasteiger partial charge in [0.2, 0.25) is 5.91 Å². The number of hydrogen-bond donors (Lipinski definition) is 1. The Morgan fingerprint density at radius 2 is 1.80 bits per heavy atom. The lowest BCUT2D eigenvalue weighted by molar-refractivity contribution is -0.120. The Bertz CT molecular complexity index is 833. The number of aromatic nitrogens is 2. The first-order valence-electron chi connectivity index (χ1n) is 8.00. The molecule has 126 valence electrons. The van der Waals surface area contributed by atoms with E-state index >= 15 is 0 Å². The van der Waals surface area contributed by atoms with Crippen LogP contribution in [0.5, 0.6) is 5.75 Å². The van der Waals surface area contributed by atoms with Crippen molar-refractivity contribution < 1.29 is 9.53 Å². The zero-order valence-corrected chi connectivity index (χ0v) is 14.0. The second-order valence-corrected chi connectivity index (χ2v) is 5.56. The molecule has 1 N–H and O–H groups in total. The van der Waals surface area contributed by atoms with Gasteiger partial charge in [-0.3, -0.25) is 4.79 Å². The third-order valence-electron chi connectivity index (χ3n) is 3.78. The van der Waals surface area contributed by atoms with Gasteiger partial charge in [-0.05, 0) is 23.8 Å². The van der Waals surface area contributed by atoms with E-state index in [1.165, 1.54) is 6.33 Å². The molecule has 0 unspecified atom stereocenters. The van der Waals surface area contributed by atoms with Crippen LogP contribution >= 0.6 is 0 Å². The second kappa shape index (κ2) is 8.06. The molecule has 1 amide bonds. The summed E-state index contributed by atoms with van der Waals surface area (Å²) in [6.45, 7) is 0.372. The van der Waals surface area contributed by atoms with Crippen molar-refractivity contribution in [3.05, 3.63) is 78.2 Å². The van der Waals surface area contributed by atoms with Gasteiger partial charge in [0.1, 0.15) is 12.1 Å². The summed E-state index contributed by atoms with van der Waals surface area (Å²) in [4.78, 5) is 20.6. The number of hydrogen-bond acceptors (Lipinski definition) is 4. The lowest BCUT2D eigenvalue weighted by atomic mass is 10.1. The highest BCUT2D eigenvalue weighted by Gasteiger charge is 2.06. The Kier molecular flexibility index (Phi) is 5.36. The Morgan fingerprint density at radius 3 is 2.52 bits per heavy atom. The minimum absolute atomic E-state index is 0.0509. The van der Waals surface area contributed by atoms with Gasteiger partial charge in [-0.15, -0.1) is 0 Å². The number of nitrogens with one attached hydrogen (secondary N) is 1. The molecule has 0 radical (unpaired) electrons. The largest absolute Gasteiger partial charge is 0.497 e. The number of benzene rings is 2. The summed E-state index contributed by atoms with van der Waals surface area (Å²) in [5, 5.41) is 2.89. The van der Waals surface area contributed by atoms with Gasteiger partial charge in [0.15, 0.2) is 0 Å². The van der Waals surface area contributed by atoms with Crippen molar-refractivity contribution in [3.8, 4) is 17.0 Å². The Hall–Kier alpha value is -3.21. The molecule has 0 saturated carbocycles. The smallest absolute Gasteiger partial charge is 0.224 e. The SMILES string of the molecule is COc1ccc(CC(=O)NCc2cc(-c3ccccc3)ncn2)cc1. The van der Waals surface area contributed by atoms with Gasteiger partial charge >= 0.3 is 0 Å². The number of ether oxygens (including phenoxy) is 1. The molecule has 0 saturated heterocycles. The van der Waals surface area contributed by atoms with Gasteiger partial charge in [0, 0.05) is 5.56 Å². The molecule has 0 bridgehead atoms. The lowest BCUT2D eigenvalue weighted by Crippen LogP contribution is -2.25. The maximum Gasteiger partial charge on any atom is 0.224 e. The summed E-state index contributed by atoms with van der Waals surface area (Å²) in [5.41, 5.74) is 3.58. The van der Waals surface area contributed by atoms with Crippen LogP contribution in [-0.4, -0.2) is 23.0 Å². The second-order valence-electron chi connectivity index (χ2n) is 5.56. The maximum atomic E-state index is 12.1. The fourth-order valence-corrected chi connectivity index (χ4v) is 2.44. The summed E-state index contributed by atoms with van der Waals surface area (Å²) in [7, 11) is 1.62. The van der Waals surface area contributed by atoms with Crippen LogP contribution in [0, 0.1) is 0 Å². The van der Waals surface area contributed by atoms with E-state index in [0.29, 0.717) is 13.0 Å². The molecular formula is C20H19N3O2. The predicted octanol–water partition coefficient (Wildman–Crippen LogP) is 3.01. The van der Waals surface area contributed by atoms with Crippen molar-refractivity contribution in [1.82, 2.24) is 15.3 Å². The Labute approximate surface area is 146 Å². The van der Waals surface area contributed by atoms with Crippen LogP contribution in [0.2, 0.25) is 0 Å². The highest BCUT2D eigenvalue weighted by Crippen LogP contribution is 2.16. The first kappa shape index (κ1) is 16.6. The van der Waals surface area contributed by atoms with Gasteiger partial charge in [-0.25, -0.2) is 9.97 Å². The average Bonchev–Trinajstić information content (AvgIpc) is 2.68. The van der Waals surface area contributed by atoms with Crippen LogP contribution in [0.25, 0.3) is 11.3 Å². The van der Waals surface area contributed by atoms with E-state index < -0.39 is 0 Å². The summed E-state index contributed by atoms with van der Waals surface area (Å²) in [6.07, 6.45) is 1.84. The van der Waals surface area contributed by atoms with Crippen molar-refractivity contribution in [2.75, 3.05) is 7.11 Å². The van der Waals surface area contributed by atoms with Gasteiger partial charge in [0.25, 0.3) is 0 Å². The molecule has 2 aromatic carbocycles. The molecule has 0 fully saturated rings. The highest BCUT2D eigenvalue weighted by molar-refractivity contribution is 5.78.